The molecule has 3 atom stereocenters. The van der Waals surface area contributed by atoms with Crippen molar-refractivity contribution in [3.05, 3.63) is 88.5 Å². The second-order valence-electron chi connectivity index (χ2n) is 15.9. The number of amides is 3. The first-order valence-corrected chi connectivity index (χ1v) is 20.7. The number of anilines is 3. The number of rotatable bonds is 16. The van der Waals surface area contributed by atoms with Crippen LogP contribution in [0.15, 0.2) is 48.7 Å². The number of fused-ring (bicyclic) bond motifs is 1. The van der Waals surface area contributed by atoms with Gasteiger partial charge in [-0.25, -0.2) is 25.0 Å². The van der Waals surface area contributed by atoms with Crippen molar-refractivity contribution in [3.8, 4) is 17.1 Å². The highest BCUT2D eigenvalue weighted by molar-refractivity contribution is 6.05. The first-order chi connectivity index (χ1) is 29.4. The number of piperidine rings is 1. The Labute approximate surface area is 353 Å². The van der Waals surface area contributed by atoms with Crippen LogP contribution >= 0.6 is 0 Å². The molecule has 2 aliphatic heterocycles. The normalized spacial score (nSPS) is 17.6. The zero-order valence-electron chi connectivity index (χ0n) is 34.9. The van der Waals surface area contributed by atoms with Crippen LogP contribution in [0.2, 0.25) is 0 Å². The Bertz CT molecular complexity index is 2440. The van der Waals surface area contributed by atoms with Gasteiger partial charge in [-0.1, -0.05) is 20.3 Å². The Morgan fingerprint density at radius 3 is 2.67 bits per heavy atom. The molecule has 2 aliphatic rings. The lowest BCUT2D eigenvalue weighted by atomic mass is 9.89. The second-order valence-corrected chi connectivity index (χ2v) is 15.9. The van der Waals surface area contributed by atoms with Gasteiger partial charge in [-0.2, -0.15) is 5.10 Å². The van der Waals surface area contributed by atoms with Crippen molar-refractivity contribution >= 4 is 46.1 Å². The van der Waals surface area contributed by atoms with Gasteiger partial charge in [-0.3, -0.25) is 34.9 Å². The first kappa shape index (κ1) is 42.7. The average Bonchev–Trinajstić information content (AvgIpc) is 3.81. The van der Waals surface area contributed by atoms with E-state index in [0.717, 1.165) is 30.5 Å². The Balaban J connectivity index is 0.964. The molecule has 0 spiro atoms. The summed E-state index contributed by atoms with van der Waals surface area (Å²) in [6.07, 6.45) is 4.91. The van der Waals surface area contributed by atoms with Crippen molar-refractivity contribution in [1.82, 2.24) is 34.9 Å². The van der Waals surface area contributed by atoms with Gasteiger partial charge in [0.05, 0.1) is 41.0 Å². The fraction of sp³-hybridized carbons (Fsp3) is 0.432. The van der Waals surface area contributed by atoms with E-state index in [9.17, 15) is 14.4 Å². The number of hydrogen-bond acceptors (Lipinski definition) is 10. The van der Waals surface area contributed by atoms with Crippen molar-refractivity contribution in [2.24, 2.45) is 13.0 Å². The van der Waals surface area contributed by atoms with E-state index in [0.29, 0.717) is 85.1 Å². The highest BCUT2D eigenvalue weighted by Gasteiger charge is 2.33. The van der Waals surface area contributed by atoms with Crippen LogP contribution in [0.3, 0.4) is 0 Å². The molecule has 0 unspecified atom stereocenters. The van der Waals surface area contributed by atoms with E-state index in [-0.39, 0.29) is 42.6 Å². The number of pyridine rings is 1. The lowest BCUT2D eigenvalue weighted by Crippen LogP contribution is -2.55. The maximum Gasteiger partial charge on any atom is 0.258 e. The summed E-state index contributed by atoms with van der Waals surface area (Å²) in [5.41, 5.74) is 4.58. The molecule has 0 bridgehead atoms. The third-order valence-electron chi connectivity index (χ3n) is 11.5. The van der Waals surface area contributed by atoms with Crippen LogP contribution in [-0.2, 0) is 16.6 Å². The van der Waals surface area contributed by atoms with Gasteiger partial charge >= 0.3 is 0 Å². The predicted octanol–water partition coefficient (Wildman–Crippen LogP) is 6.44. The third-order valence-corrected chi connectivity index (χ3v) is 11.5. The number of imide groups is 1. The summed E-state index contributed by atoms with van der Waals surface area (Å²) in [7, 11) is 1.82. The third kappa shape index (κ3) is 9.97. The highest BCUT2D eigenvalue weighted by atomic mass is 19.1. The van der Waals surface area contributed by atoms with Crippen LogP contribution in [0.4, 0.5) is 26.1 Å². The van der Waals surface area contributed by atoms with Gasteiger partial charge < -0.3 is 24.8 Å². The number of halogens is 2. The van der Waals surface area contributed by atoms with Crippen LogP contribution in [0.1, 0.15) is 73.5 Å². The molecule has 2 fully saturated rings. The minimum Gasteiger partial charge on any atom is -0.477 e. The fourth-order valence-electron chi connectivity index (χ4n) is 8.00. The number of aryl methyl sites for hydroxylation is 2. The quantitative estimate of drug-likeness (QED) is 0.0494. The SMILES string of the molecule is [C-]#[N+]C[C@H]1CN(CCNc2cc(F)c([C@H]3CCC(=O)NC3=O)c(F)c2)CCN1c1ccc2nc(NC(=O)c3cc(C)nc(-c4cnn(C)c4OCCC[C@@H](C)CC)c3)[nH]c2c1. The molecule has 320 valence electrons. The van der Waals surface area contributed by atoms with Crippen LogP contribution < -0.4 is 25.6 Å². The Hall–Kier alpha value is -6.41. The van der Waals surface area contributed by atoms with Crippen LogP contribution in [-0.4, -0.2) is 99.3 Å². The molecule has 0 radical (unpaired) electrons. The molecule has 5 aromatic rings. The standard InChI is InChI=1S/C44H51F2N11O4/c1-6-26(2)8-7-17-61-43-33(24-49-55(43)5)37-19-28(18-27(3)50-37)41(59)54-44-51-36-11-9-30(22-38(36)52-44)57-16-15-56(25-31(57)23-47-4)14-13-48-29-20-34(45)40(35(46)21-29)32-10-12-39(58)53-42(32)60/h9,11,18-22,24,26,31-32,48H,6-8,10,12-17,23,25H2,1-3,5H3,(H,53,58,60)(H2,51,52,54,59)/t26-,31-,32+/m0/s1. The van der Waals surface area contributed by atoms with Gasteiger partial charge in [0.1, 0.15) is 17.7 Å². The molecule has 7 rings (SSSR count). The van der Waals surface area contributed by atoms with Gasteiger partial charge in [-0.15, -0.1) is 0 Å². The van der Waals surface area contributed by atoms with Crippen LogP contribution in [0.5, 0.6) is 5.88 Å². The smallest absolute Gasteiger partial charge is 0.258 e. The Morgan fingerprint density at radius 1 is 1.11 bits per heavy atom. The maximum absolute atomic E-state index is 15.0. The van der Waals surface area contributed by atoms with E-state index >= 15 is 8.78 Å². The van der Waals surface area contributed by atoms with E-state index in [2.05, 4.69) is 59.5 Å². The zero-order valence-corrected chi connectivity index (χ0v) is 34.9. The molecule has 3 amide bonds. The van der Waals surface area contributed by atoms with Crippen molar-refractivity contribution < 1.29 is 27.9 Å². The molecular weight excluding hydrogens is 785 g/mol. The number of carbonyl (C=O) groups is 3. The molecular formula is C44H51F2N11O4. The summed E-state index contributed by atoms with van der Waals surface area (Å²) < 4.78 is 37.9. The van der Waals surface area contributed by atoms with Crippen molar-refractivity contribution in [2.75, 3.05) is 61.4 Å². The zero-order chi connectivity index (χ0) is 43.2. The largest absolute Gasteiger partial charge is 0.477 e. The van der Waals surface area contributed by atoms with E-state index < -0.39 is 29.4 Å². The van der Waals surface area contributed by atoms with E-state index in [4.69, 9.17) is 16.3 Å². The topological polar surface area (TPSA) is 167 Å². The van der Waals surface area contributed by atoms with Gasteiger partial charge in [0, 0.05) is 74.4 Å². The minimum atomic E-state index is -1.06. The first-order valence-electron chi connectivity index (χ1n) is 20.7. The van der Waals surface area contributed by atoms with Crippen molar-refractivity contribution in [1.29, 1.82) is 0 Å². The van der Waals surface area contributed by atoms with Gasteiger partial charge in [0.2, 0.25) is 30.2 Å². The number of ether oxygens (including phenoxy) is 1. The summed E-state index contributed by atoms with van der Waals surface area (Å²) in [6.45, 7) is 17.6. The van der Waals surface area contributed by atoms with E-state index in [1.165, 1.54) is 12.1 Å². The number of H-pyrrole nitrogens is 1. The number of hydrogen-bond donors (Lipinski definition) is 4. The predicted molar refractivity (Wildman–Crippen MR) is 228 cm³/mol. The van der Waals surface area contributed by atoms with Gasteiger partial charge in [0.25, 0.3) is 5.91 Å². The number of benzene rings is 2. The van der Waals surface area contributed by atoms with E-state index in [1.807, 2.05) is 32.2 Å². The molecule has 5 heterocycles. The molecule has 3 aromatic heterocycles. The monoisotopic (exact) mass is 835 g/mol. The summed E-state index contributed by atoms with van der Waals surface area (Å²) in [4.78, 5) is 58.0. The number of imidazole rings is 1. The maximum atomic E-state index is 15.0. The van der Waals surface area contributed by atoms with Gasteiger partial charge in [-0.05, 0) is 74.6 Å². The minimum absolute atomic E-state index is 0.0229. The molecule has 4 N–H and O–H groups in total. The molecule has 0 aliphatic carbocycles. The van der Waals surface area contributed by atoms with Crippen molar-refractivity contribution in [2.45, 2.75) is 64.8 Å². The molecule has 0 saturated carbocycles. The number of aromatic amines is 1. The highest BCUT2D eigenvalue weighted by Crippen LogP contribution is 2.33. The fourth-order valence-corrected chi connectivity index (χ4v) is 8.00. The lowest BCUT2D eigenvalue weighted by Gasteiger charge is -2.40. The Kier molecular flexibility index (Phi) is 13.2. The summed E-state index contributed by atoms with van der Waals surface area (Å²) in [6, 6.07) is 11.5. The molecule has 17 heteroatoms. The number of aromatic nitrogens is 5. The molecule has 2 aromatic carbocycles. The second kappa shape index (κ2) is 18.9. The molecule has 15 nitrogen and oxygen atoms in total. The van der Waals surface area contributed by atoms with E-state index in [1.54, 1.807) is 23.0 Å². The molecule has 61 heavy (non-hydrogen) atoms. The number of carbonyl (C=O) groups excluding carboxylic acids is 3. The van der Waals surface area contributed by atoms with Gasteiger partial charge in [0.15, 0.2) is 0 Å². The Morgan fingerprint density at radius 2 is 1.92 bits per heavy atom. The number of nitrogens with one attached hydrogen (secondary N) is 4. The average molecular weight is 836 g/mol. The van der Waals surface area contributed by atoms with Crippen LogP contribution in [0, 0.1) is 31.0 Å². The summed E-state index contributed by atoms with van der Waals surface area (Å²) >= 11 is 0. The summed E-state index contributed by atoms with van der Waals surface area (Å²) in [5, 5.41) is 12.5. The number of piperazine rings is 1. The van der Waals surface area contributed by atoms with Crippen LogP contribution in [0.25, 0.3) is 27.1 Å². The summed E-state index contributed by atoms with van der Waals surface area (Å²) in [5.74, 6) is -2.71. The lowest BCUT2D eigenvalue weighted by molar-refractivity contribution is -0.134. The molecule has 2 saturated heterocycles. The van der Waals surface area contributed by atoms with Crippen molar-refractivity contribution in [3.63, 3.8) is 0 Å². The number of nitrogens with zero attached hydrogens (tertiary/aromatic N) is 7.